The molecular formula is C9H9ClN2O. The number of nitriles is 1. The largest absolute Gasteiger partial charge is 0.394 e. The second kappa shape index (κ2) is 4.24. The molecule has 0 spiro atoms. The van der Waals surface area contributed by atoms with Gasteiger partial charge in [0.15, 0.2) is 0 Å². The minimum atomic E-state index is -0.594. The van der Waals surface area contributed by atoms with Crippen molar-refractivity contribution in [3.05, 3.63) is 34.3 Å². The summed E-state index contributed by atoms with van der Waals surface area (Å²) in [5.41, 5.74) is 6.51. The van der Waals surface area contributed by atoms with Crippen LogP contribution in [0.15, 0.2) is 18.2 Å². The molecule has 1 aromatic rings. The van der Waals surface area contributed by atoms with Crippen LogP contribution in [0, 0.1) is 11.3 Å². The highest BCUT2D eigenvalue weighted by Crippen LogP contribution is 2.24. The van der Waals surface area contributed by atoms with E-state index < -0.39 is 6.04 Å². The molecule has 0 radical (unpaired) electrons. The molecule has 0 amide bonds. The Morgan fingerprint density at radius 3 is 2.85 bits per heavy atom. The van der Waals surface area contributed by atoms with Crippen molar-refractivity contribution >= 4 is 11.6 Å². The Morgan fingerprint density at radius 1 is 1.62 bits per heavy atom. The third-order valence-electron chi connectivity index (χ3n) is 1.74. The number of aliphatic hydroxyl groups is 1. The molecule has 1 aromatic carbocycles. The van der Waals surface area contributed by atoms with E-state index in [4.69, 9.17) is 27.7 Å². The second-order valence-electron chi connectivity index (χ2n) is 2.60. The maximum absolute atomic E-state index is 8.84. The Balaban J connectivity index is 3.24. The molecule has 13 heavy (non-hydrogen) atoms. The topological polar surface area (TPSA) is 70.0 Å². The lowest BCUT2D eigenvalue weighted by Gasteiger charge is -2.11. The predicted molar refractivity (Wildman–Crippen MR) is 50.2 cm³/mol. The summed E-state index contributed by atoms with van der Waals surface area (Å²) in [4.78, 5) is 0. The molecular weight excluding hydrogens is 188 g/mol. The number of nitrogens with zero attached hydrogens (tertiary/aromatic N) is 1. The van der Waals surface area contributed by atoms with Crippen LogP contribution < -0.4 is 5.73 Å². The fourth-order valence-electron chi connectivity index (χ4n) is 1.10. The van der Waals surface area contributed by atoms with E-state index in [9.17, 15) is 0 Å². The number of hydrogen-bond donors (Lipinski definition) is 2. The summed E-state index contributed by atoms with van der Waals surface area (Å²) in [5, 5.41) is 18.0. The Bertz CT molecular complexity index is 346. The molecule has 0 aliphatic heterocycles. The van der Waals surface area contributed by atoms with Gasteiger partial charge in [-0.15, -0.1) is 0 Å². The standard InChI is InChI=1S/C9H9ClN2O/c10-7-3-1-2-6(4-11)9(7)8(12)5-13/h1-3,8,13H,5,12H2. The molecule has 0 aromatic heterocycles. The third-order valence-corrected chi connectivity index (χ3v) is 2.07. The van der Waals surface area contributed by atoms with Crippen molar-refractivity contribution in [2.24, 2.45) is 5.73 Å². The first kappa shape index (κ1) is 10.0. The van der Waals surface area contributed by atoms with Crippen LogP contribution in [0.5, 0.6) is 0 Å². The number of rotatable bonds is 2. The zero-order valence-corrected chi connectivity index (χ0v) is 7.62. The quantitative estimate of drug-likeness (QED) is 0.747. The van der Waals surface area contributed by atoms with Gasteiger partial charge in [-0.05, 0) is 12.1 Å². The van der Waals surface area contributed by atoms with Crippen molar-refractivity contribution in [2.45, 2.75) is 6.04 Å². The van der Waals surface area contributed by atoms with Gasteiger partial charge < -0.3 is 10.8 Å². The van der Waals surface area contributed by atoms with Crippen LogP contribution >= 0.6 is 11.6 Å². The molecule has 0 fully saturated rings. The number of benzene rings is 1. The van der Waals surface area contributed by atoms with Gasteiger partial charge in [0, 0.05) is 10.6 Å². The van der Waals surface area contributed by atoms with E-state index in [1.165, 1.54) is 0 Å². The van der Waals surface area contributed by atoms with Crippen LogP contribution in [0.1, 0.15) is 17.2 Å². The van der Waals surface area contributed by atoms with Crippen LogP contribution in [0.3, 0.4) is 0 Å². The lowest BCUT2D eigenvalue weighted by molar-refractivity contribution is 0.268. The number of halogens is 1. The van der Waals surface area contributed by atoms with Gasteiger partial charge >= 0.3 is 0 Å². The number of aliphatic hydroxyl groups excluding tert-OH is 1. The van der Waals surface area contributed by atoms with Gasteiger partial charge in [-0.25, -0.2) is 0 Å². The van der Waals surface area contributed by atoms with Crippen molar-refractivity contribution < 1.29 is 5.11 Å². The second-order valence-corrected chi connectivity index (χ2v) is 3.01. The van der Waals surface area contributed by atoms with Gasteiger partial charge in [0.1, 0.15) is 0 Å². The van der Waals surface area contributed by atoms with E-state index in [1.54, 1.807) is 18.2 Å². The van der Waals surface area contributed by atoms with Crippen LogP contribution in [0.4, 0.5) is 0 Å². The Hall–Kier alpha value is -1.08. The molecule has 0 saturated carbocycles. The molecule has 3 N–H and O–H groups in total. The smallest absolute Gasteiger partial charge is 0.0995 e. The van der Waals surface area contributed by atoms with E-state index in [2.05, 4.69) is 0 Å². The molecule has 3 nitrogen and oxygen atoms in total. The third kappa shape index (κ3) is 1.99. The van der Waals surface area contributed by atoms with Gasteiger partial charge in [-0.3, -0.25) is 0 Å². The molecule has 0 aliphatic rings. The summed E-state index contributed by atoms with van der Waals surface area (Å²) in [7, 11) is 0. The van der Waals surface area contributed by atoms with Gasteiger partial charge in [0.2, 0.25) is 0 Å². The van der Waals surface area contributed by atoms with Crippen molar-refractivity contribution in [1.29, 1.82) is 5.26 Å². The first-order chi connectivity index (χ1) is 6.20. The molecule has 4 heteroatoms. The van der Waals surface area contributed by atoms with Crippen molar-refractivity contribution in [1.82, 2.24) is 0 Å². The summed E-state index contributed by atoms with van der Waals surface area (Å²) < 4.78 is 0. The molecule has 68 valence electrons. The minimum absolute atomic E-state index is 0.224. The molecule has 1 rings (SSSR count). The number of hydrogen-bond acceptors (Lipinski definition) is 3. The minimum Gasteiger partial charge on any atom is -0.394 e. The summed E-state index contributed by atoms with van der Waals surface area (Å²) in [6, 6.07) is 6.32. The summed E-state index contributed by atoms with van der Waals surface area (Å²) >= 11 is 5.84. The summed E-state index contributed by atoms with van der Waals surface area (Å²) in [6.45, 7) is -0.224. The van der Waals surface area contributed by atoms with E-state index in [-0.39, 0.29) is 6.61 Å². The van der Waals surface area contributed by atoms with Gasteiger partial charge in [-0.1, -0.05) is 17.7 Å². The Kier molecular flexibility index (Phi) is 3.26. The van der Waals surface area contributed by atoms with Crippen molar-refractivity contribution in [2.75, 3.05) is 6.61 Å². The first-order valence-corrected chi connectivity index (χ1v) is 4.13. The van der Waals surface area contributed by atoms with Crippen LogP contribution in [-0.2, 0) is 0 Å². The van der Waals surface area contributed by atoms with Gasteiger partial charge in [0.25, 0.3) is 0 Å². The lowest BCUT2D eigenvalue weighted by atomic mass is 10.0. The average Bonchev–Trinajstić information content (AvgIpc) is 2.16. The van der Waals surface area contributed by atoms with Gasteiger partial charge in [-0.2, -0.15) is 5.26 Å². The fraction of sp³-hybridized carbons (Fsp3) is 0.222. The Morgan fingerprint density at radius 2 is 2.31 bits per heavy atom. The normalized spacial score (nSPS) is 12.2. The monoisotopic (exact) mass is 196 g/mol. The molecule has 0 heterocycles. The molecule has 0 bridgehead atoms. The SMILES string of the molecule is N#Cc1cccc(Cl)c1C(N)CO. The zero-order chi connectivity index (χ0) is 9.84. The maximum Gasteiger partial charge on any atom is 0.0995 e. The fourth-order valence-corrected chi connectivity index (χ4v) is 1.42. The van der Waals surface area contributed by atoms with E-state index in [1.807, 2.05) is 6.07 Å². The lowest BCUT2D eigenvalue weighted by Crippen LogP contribution is -2.16. The van der Waals surface area contributed by atoms with E-state index in [0.717, 1.165) is 0 Å². The first-order valence-electron chi connectivity index (χ1n) is 3.75. The van der Waals surface area contributed by atoms with Crippen molar-refractivity contribution in [3.63, 3.8) is 0 Å². The predicted octanol–water partition coefficient (Wildman–Crippen LogP) is 1.20. The average molecular weight is 197 g/mol. The number of nitrogens with two attached hydrogens (primary N) is 1. The molecule has 1 atom stereocenters. The highest BCUT2D eigenvalue weighted by molar-refractivity contribution is 6.31. The molecule has 0 saturated heterocycles. The summed E-state index contributed by atoms with van der Waals surface area (Å²) in [6.07, 6.45) is 0. The van der Waals surface area contributed by atoms with E-state index >= 15 is 0 Å². The van der Waals surface area contributed by atoms with Crippen LogP contribution in [-0.4, -0.2) is 11.7 Å². The highest BCUT2D eigenvalue weighted by atomic mass is 35.5. The highest BCUT2D eigenvalue weighted by Gasteiger charge is 2.13. The van der Waals surface area contributed by atoms with E-state index in [0.29, 0.717) is 16.1 Å². The van der Waals surface area contributed by atoms with Crippen LogP contribution in [0.25, 0.3) is 0 Å². The van der Waals surface area contributed by atoms with Crippen molar-refractivity contribution in [3.8, 4) is 6.07 Å². The summed E-state index contributed by atoms with van der Waals surface area (Å²) in [5.74, 6) is 0. The van der Waals surface area contributed by atoms with Gasteiger partial charge in [0.05, 0.1) is 24.3 Å². The zero-order valence-electron chi connectivity index (χ0n) is 6.87. The molecule has 1 unspecified atom stereocenters. The van der Waals surface area contributed by atoms with Crippen LogP contribution in [0.2, 0.25) is 5.02 Å². The maximum atomic E-state index is 8.84. The molecule has 0 aliphatic carbocycles. The Labute approximate surface area is 81.4 Å².